The molecule has 0 saturated carbocycles. The summed E-state index contributed by atoms with van der Waals surface area (Å²) in [7, 11) is 0. The van der Waals surface area contributed by atoms with E-state index in [1.807, 2.05) is 34.6 Å². The van der Waals surface area contributed by atoms with Crippen LogP contribution < -0.4 is 0 Å². The Kier molecular flexibility index (Phi) is 10.0. The fraction of sp³-hybridized carbons (Fsp3) is 0.500. The molecule has 0 aromatic heterocycles. The molecule has 0 bridgehead atoms. The van der Waals surface area contributed by atoms with Crippen LogP contribution in [0.25, 0.3) is 0 Å². The van der Waals surface area contributed by atoms with Crippen molar-refractivity contribution >= 4 is 11.6 Å². The second kappa shape index (κ2) is 8.89. The van der Waals surface area contributed by atoms with Crippen molar-refractivity contribution in [1.29, 1.82) is 0 Å². The fourth-order valence-electron chi connectivity index (χ4n) is 0.654. The lowest BCUT2D eigenvalue weighted by atomic mass is 10.3. The molecule has 0 spiro atoms. The molecule has 2 heteroatoms. The molecule has 0 aromatic carbocycles. The molecule has 1 nitrogen and oxygen atoms in total. The average molecular weight is 217 g/mol. The molecule has 82 valence electrons. The Hall–Kier alpha value is -0.690. The summed E-state index contributed by atoms with van der Waals surface area (Å²) in [6, 6.07) is 0. The van der Waals surface area contributed by atoms with Gasteiger partial charge in [-0.25, -0.2) is 0 Å². The number of hydrogen-bond donors (Lipinski definition) is 0. The van der Waals surface area contributed by atoms with Gasteiger partial charge in [0.15, 0.2) is 0 Å². The lowest BCUT2D eigenvalue weighted by Crippen LogP contribution is -2.02. The smallest absolute Gasteiger partial charge is 0.137 e. The summed E-state index contributed by atoms with van der Waals surface area (Å²) in [4.78, 5) is 0. The fourth-order valence-corrected chi connectivity index (χ4v) is 0.753. The molecule has 0 saturated heterocycles. The van der Waals surface area contributed by atoms with Crippen molar-refractivity contribution in [2.45, 2.75) is 40.7 Å². The largest absolute Gasteiger partial charge is 0.489 e. The van der Waals surface area contributed by atoms with Crippen LogP contribution in [0.2, 0.25) is 0 Å². The molecule has 0 amide bonds. The van der Waals surface area contributed by atoms with Gasteiger partial charge in [-0.1, -0.05) is 44.2 Å². The monoisotopic (exact) mass is 216 g/mol. The Balaban J connectivity index is 0. The molecule has 0 rings (SSSR count). The molecule has 0 aliphatic carbocycles. The summed E-state index contributed by atoms with van der Waals surface area (Å²) >= 11 is 5.70. The van der Waals surface area contributed by atoms with Crippen LogP contribution in [-0.2, 0) is 4.74 Å². The van der Waals surface area contributed by atoms with Crippen molar-refractivity contribution in [2.75, 3.05) is 0 Å². The summed E-state index contributed by atoms with van der Waals surface area (Å²) in [6.07, 6.45) is 1.88. The highest BCUT2D eigenvalue weighted by atomic mass is 35.5. The van der Waals surface area contributed by atoms with Crippen molar-refractivity contribution in [1.82, 2.24) is 0 Å². The SMILES string of the molecule is C=C(C)/C=C(/OC(C)C)C(=C)Cl.CC. The topological polar surface area (TPSA) is 9.23 Å². The van der Waals surface area contributed by atoms with Gasteiger partial charge in [0.05, 0.1) is 11.1 Å². The molecule has 0 aliphatic heterocycles. The average Bonchev–Trinajstić information content (AvgIpc) is 2.05. The van der Waals surface area contributed by atoms with Crippen molar-refractivity contribution in [3.8, 4) is 0 Å². The van der Waals surface area contributed by atoms with E-state index < -0.39 is 0 Å². The zero-order chi connectivity index (χ0) is 11.7. The van der Waals surface area contributed by atoms with Crippen LogP contribution in [0, 0.1) is 0 Å². The Morgan fingerprint density at radius 2 is 1.71 bits per heavy atom. The van der Waals surface area contributed by atoms with Crippen molar-refractivity contribution < 1.29 is 4.74 Å². The number of halogens is 1. The molecule has 0 N–H and O–H groups in total. The maximum absolute atomic E-state index is 5.70. The second-order valence-electron chi connectivity index (χ2n) is 2.93. The molecule has 0 radical (unpaired) electrons. The van der Waals surface area contributed by atoms with Gasteiger partial charge in [0.25, 0.3) is 0 Å². The van der Waals surface area contributed by atoms with E-state index in [1.165, 1.54) is 0 Å². The standard InChI is InChI=1S/C10H15ClO.C2H6/c1-7(2)6-10(9(5)11)12-8(3)4;1-2/h6,8H,1,5H2,2-4H3;1-2H3/b10-6+;. The first-order chi connectivity index (χ1) is 6.43. The lowest BCUT2D eigenvalue weighted by molar-refractivity contribution is 0.156. The van der Waals surface area contributed by atoms with Crippen LogP contribution in [0.5, 0.6) is 0 Å². The maximum atomic E-state index is 5.70. The van der Waals surface area contributed by atoms with Crippen LogP contribution in [0.4, 0.5) is 0 Å². The minimum atomic E-state index is 0.103. The van der Waals surface area contributed by atoms with Crippen LogP contribution >= 0.6 is 11.6 Å². The van der Waals surface area contributed by atoms with E-state index in [1.54, 1.807) is 6.08 Å². The molecule has 0 unspecified atom stereocenters. The molecular weight excluding hydrogens is 196 g/mol. The van der Waals surface area contributed by atoms with Gasteiger partial charge in [-0.15, -0.1) is 0 Å². The number of ether oxygens (including phenoxy) is 1. The molecule has 0 aliphatic rings. The Bertz CT molecular complexity index is 214. The van der Waals surface area contributed by atoms with Crippen LogP contribution in [0.1, 0.15) is 34.6 Å². The zero-order valence-electron chi connectivity index (χ0n) is 9.86. The van der Waals surface area contributed by atoms with Gasteiger partial charge < -0.3 is 4.74 Å². The highest BCUT2D eigenvalue weighted by molar-refractivity contribution is 6.31. The molecule has 0 atom stereocenters. The van der Waals surface area contributed by atoms with E-state index in [2.05, 4.69) is 13.2 Å². The van der Waals surface area contributed by atoms with Crippen LogP contribution in [-0.4, -0.2) is 6.10 Å². The summed E-state index contributed by atoms with van der Waals surface area (Å²) in [5.74, 6) is 0.596. The summed E-state index contributed by atoms with van der Waals surface area (Å²) in [6.45, 7) is 17.1. The third-order valence-corrected chi connectivity index (χ3v) is 1.19. The minimum Gasteiger partial charge on any atom is -0.489 e. The summed E-state index contributed by atoms with van der Waals surface area (Å²) in [5.41, 5.74) is 0.896. The first-order valence-corrected chi connectivity index (χ1v) is 5.20. The Morgan fingerprint density at radius 1 is 1.29 bits per heavy atom. The van der Waals surface area contributed by atoms with Crippen molar-refractivity contribution in [2.24, 2.45) is 0 Å². The van der Waals surface area contributed by atoms with Gasteiger partial charge in [0.1, 0.15) is 5.76 Å². The van der Waals surface area contributed by atoms with E-state index >= 15 is 0 Å². The first kappa shape index (κ1) is 15.8. The third-order valence-electron chi connectivity index (χ3n) is 1.01. The lowest BCUT2D eigenvalue weighted by Gasteiger charge is -2.12. The highest BCUT2D eigenvalue weighted by Crippen LogP contribution is 2.17. The zero-order valence-corrected chi connectivity index (χ0v) is 10.6. The maximum Gasteiger partial charge on any atom is 0.137 e. The van der Waals surface area contributed by atoms with Crippen molar-refractivity contribution in [3.05, 3.63) is 35.6 Å². The third kappa shape index (κ3) is 9.40. The van der Waals surface area contributed by atoms with Crippen LogP contribution in [0.3, 0.4) is 0 Å². The van der Waals surface area contributed by atoms with Crippen molar-refractivity contribution in [3.63, 3.8) is 0 Å². The van der Waals surface area contributed by atoms with E-state index in [0.717, 1.165) is 5.57 Å². The normalized spacial score (nSPS) is 10.4. The molecule has 0 aromatic rings. The molecule has 0 heterocycles. The molecule has 0 fully saturated rings. The molecule has 14 heavy (non-hydrogen) atoms. The Morgan fingerprint density at radius 3 is 1.93 bits per heavy atom. The second-order valence-corrected chi connectivity index (χ2v) is 3.38. The van der Waals surface area contributed by atoms with Crippen LogP contribution in [0.15, 0.2) is 35.6 Å². The van der Waals surface area contributed by atoms with Gasteiger partial charge in [-0.2, -0.15) is 0 Å². The van der Waals surface area contributed by atoms with Gasteiger partial charge in [-0.05, 0) is 26.8 Å². The van der Waals surface area contributed by atoms with E-state index in [-0.39, 0.29) is 6.10 Å². The summed E-state index contributed by atoms with van der Waals surface area (Å²) < 4.78 is 5.39. The van der Waals surface area contributed by atoms with E-state index in [4.69, 9.17) is 16.3 Å². The van der Waals surface area contributed by atoms with E-state index in [9.17, 15) is 0 Å². The van der Waals surface area contributed by atoms with Gasteiger partial charge in [0.2, 0.25) is 0 Å². The minimum absolute atomic E-state index is 0.103. The Labute approximate surface area is 93.1 Å². The predicted octanol–water partition coefficient (Wildman–Crippen LogP) is 4.65. The summed E-state index contributed by atoms with van der Waals surface area (Å²) in [5, 5.41) is 0.409. The number of rotatable bonds is 4. The quantitative estimate of drug-likeness (QED) is 0.491. The molecular formula is C12H21ClO. The van der Waals surface area contributed by atoms with Gasteiger partial charge in [-0.3, -0.25) is 0 Å². The van der Waals surface area contributed by atoms with Gasteiger partial charge in [0, 0.05) is 0 Å². The predicted molar refractivity (Wildman–Crippen MR) is 65.5 cm³/mol. The number of hydrogen-bond acceptors (Lipinski definition) is 1. The van der Waals surface area contributed by atoms with Gasteiger partial charge >= 0.3 is 0 Å². The van der Waals surface area contributed by atoms with E-state index in [0.29, 0.717) is 10.8 Å². The number of allylic oxidation sites excluding steroid dienone is 3. The first-order valence-electron chi connectivity index (χ1n) is 4.82. The highest BCUT2D eigenvalue weighted by Gasteiger charge is 2.03.